The second-order valence-electron chi connectivity index (χ2n) is 4.48. The number of carbonyl (C=O) groups excluding carboxylic acids is 1. The number of piperidine rings is 1. The van der Waals surface area contributed by atoms with Crippen molar-refractivity contribution in [3.63, 3.8) is 0 Å². The number of amides is 1. The van der Waals surface area contributed by atoms with E-state index in [1.54, 1.807) is 6.08 Å². The Bertz CT molecular complexity index is 248. The molecule has 0 aliphatic carbocycles. The molecule has 4 nitrogen and oxygen atoms in total. The van der Waals surface area contributed by atoms with Crippen LogP contribution in [0.5, 0.6) is 0 Å². The maximum Gasteiger partial charge on any atom is 0.251 e. The van der Waals surface area contributed by atoms with Crippen molar-refractivity contribution < 1.29 is 9.53 Å². The van der Waals surface area contributed by atoms with E-state index in [0.29, 0.717) is 12.6 Å². The standard InChI is InChI=1S/C13H24N2O2/c1-4-5-10-17-11(2)13(16)15-8-6-12(14-3)7-9-15/h4,11-12,14H,1,5-10H2,2-3H3. The highest BCUT2D eigenvalue weighted by molar-refractivity contribution is 5.80. The molecule has 1 fully saturated rings. The quantitative estimate of drug-likeness (QED) is 0.560. The topological polar surface area (TPSA) is 41.6 Å². The van der Waals surface area contributed by atoms with E-state index >= 15 is 0 Å². The van der Waals surface area contributed by atoms with Crippen LogP contribution >= 0.6 is 0 Å². The maximum atomic E-state index is 12.0. The Morgan fingerprint density at radius 2 is 2.24 bits per heavy atom. The van der Waals surface area contributed by atoms with Gasteiger partial charge in [-0.25, -0.2) is 0 Å². The lowest BCUT2D eigenvalue weighted by Crippen LogP contribution is -2.47. The third kappa shape index (κ3) is 4.48. The van der Waals surface area contributed by atoms with Crippen LogP contribution in [0.3, 0.4) is 0 Å². The van der Waals surface area contributed by atoms with Crippen molar-refractivity contribution in [2.45, 2.75) is 38.3 Å². The molecule has 17 heavy (non-hydrogen) atoms. The van der Waals surface area contributed by atoms with Crippen LogP contribution in [0.4, 0.5) is 0 Å². The summed E-state index contributed by atoms with van der Waals surface area (Å²) in [5, 5.41) is 3.25. The highest BCUT2D eigenvalue weighted by Crippen LogP contribution is 2.12. The second-order valence-corrected chi connectivity index (χ2v) is 4.48. The fourth-order valence-electron chi connectivity index (χ4n) is 2.05. The number of hydrogen-bond acceptors (Lipinski definition) is 3. The average Bonchev–Trinajstić information content (AvgIpc) is 2.38. The minimum absolute atomic E-state index is 0.114. The number of carbonyl (C=O) groups is 1. The van der Waals surface area contributed by atoms with Crippen LogP contribution in [0.25, 0.3) is 0 Å². The summed E-state index contributed by atoms with van der Waals surface area (Å²) in [6.45, 7) is 7.70. The smallest absolute Gasteiger partial charge is 0.251 e. The molecule has 1 N–H and O–H groups in total. The molecule has 1 atom stereocenters. The lowest BCUT2D eigenvalue weighted by Gasteiger charge is -2.33. The molecule has 1 aliphatic rings. The van der Waals surface area contributed by atoms with E-state index in [0.717, 1.165) is 32.4 Å². The summed E-state index contributed by atoms with van der Waals surface area (Å²) in [7, 11) is 1.98. The predicted molar refractivity (Wildman–Crippen MR) is 68.9 cm³/mol. The lowest BCUT2D eigenvalue weighted by molar-refractivity contribution is -0.143. The first-order chi connectivity index (χ1) is 8.19. The summed E-state index contributed by atoms with van der Waals surface area (Å²) < 4.78 is 5.47. The molecular formula is C13H24N2O2. The van der Waals surface area contributed by atoms with Gasteiger partial charge in [0.2, 0.25) is 0 Å². The molecule has 0 aromatic carbocycles. The lowest BCUT2D eigenvalue weighted by atomic mass is 10.0. The molecule has 4 heteroatoms. The minimum Gasteiger partial charge on any atom is -0.368 e. The molecule has 0 aromatic heterocycles. The first-order valence-electron chi connectivity index (χ1n) is 6.37. The molecular weight excluding hydrogens is 216 g/mol. The van der Waals surface area contributed by atoms with Gasteiger partial charge >= 0.3 is 0 Å². The molecule has 1 amide bonds. The molecule has 98 valence electrons. The van der Waals surface area contributed by atoms with Crippen molar-refractivity contribution in [2.24, 2.45) is 0 Å². The van der Waals surface area contributed by atoms with Gasteiger partial charge in [0.1, 0.15) is 6.10 Å². The molecule has 0 aromatic rings. The highest BCUT2D eigenvalue weighted by Gasteiger charge is 2.25. The van der Waals surface area contributed by atoms with Gasteiger partial charge in [0.05, 0.1) is 6.61 Å². The van der Waals surface area contributed by atoms with Gasteiger partial charge in [0, 0.05) is 19.1 Å². The van der Waals surface area contributed by atoms with Gasteiger partial charge in [0.15, 0.2) is 0 Å². The van der Waals surface area contributed by atoms with E-state index in [1.807, 2.05) is 18.9 Å². The van der Waals surface area contributed by atoms with Crippen molar-refractivity contribution in [1.82, 2.24) is 10.2 Å². The van der Waals surface area contributed by atoms with E-state index in [4.69, 9.17) is 4.74 Å². The van der Waals surface area contributed by atoms with Crippen LogP contribution in [0.15, 0.2) is 12.7 Å². The zero-order valence-electron chi connectivity index (χ0n) is 10.9. The van der Waals surface area contributed by atoms with Crippen LogP contribution in [0.1, 0.15) is 26.2 Å². The van der Waals surface area contributed by atoms with Crippen molar-refractivity contribution in [1.29, 1.82) is 0 Å². The third-order valence-electron chi connectivity index (χ3n) is 3.25. The van der Waals surface area contributed by atoms with E-state index in [2.05, 4.69) is 11.9 Å². The molecule has 1 unspecified atom stereocenters. The number of ether oxygens (including phenoxy) is 1. The summed E-state index contributed by atoms with van der Waals surface area (Å²) in [6.07, 6.45) is 4.32. The summed E-state index contributed by atoms with van der Waals surface area (Å²) in [5.41, 5.74) is 0. The zero-order valence-corrected chi connectivity index (χ0v) is 10.9. The zero-order chi connectivity index (χ0) is 12.7. The fourth-order valence-corrected chi connectivity index (χ4v) is 2.05. The van der Waals surface area contributed by atoms with Crippen molar-refractivity contribution >= 4 is 5.91 Å². The molecule has 0 bridgehead atoms. The maximum absolute atomic E-state index is 12.0. The van der Waals surface area contributed by atoms with E-state index in [1.165, 1.54) is 0 Å². The SMILES string of the molecule is C=CCCOC(C)C(=O)N1CCC(NC)CC1. The van der Waals surface area contributed by atoms with Crippen molar-refractivity contribution in [3.8, 4) is 0 Å². The molecule has 0 spiro atoms. The highest BCUT2D eigenvalue weighted by atomic mass is 16.5. The van der Waals surface area contributed by atoms with Gasteiger partial charge in [-0.3, -0.25) is 4.79 Å². The molecule has 1 rings (SSSR count). The third-order valence-corrected chi connectivity index (χ3v) is 3.25. The van der Waals surface area contributed by atoms with Crippen LogP contribution in [-0.4, -0.2) is 49.7 Å². The van der Waals surface area contributed by atoms with Crippen LogP contribution in [-0.2, 0) is 9.53 Å². The van der Waals surface area contributed by atoms with E-state index in [-0.39, 0.29) is 12.0 Å². The Kier molecular flexibility index (Phi) is 6.22. The van der Waals surface area contributed by atoms with Gasteiger partial charge in [-0.1, -0.05) is 6.08 Å². The minimum atomic E-state index is -0.332. The summed E-state index contributed by atoms with van der Waals surface area (Å²) in [4.78, 5) is 14.0. The Labute approximate surface area is 104 Å². The normalized spacial score (nSPS) is 19.1. The van der Waals surface area contributed by atoms with Gasteiger partial charge < -0.3 is 15.0 Å². The van der Waals surface area contributed by atoms with Crippen LogP contribution < -0.4 is 5.32 Å². The first kappa shape index (κ1) is 14.2. The number of nitrogens with zero attached hydrogens (tertiary/aromatic N) is 1. The number of rotatable bonds is 6. The summed E-state index contributed by atoms with van der Waals surface area (Å²) in [6, 6.07) is 0.552. The van der Waals surface area contributed by atoms with Crippen LogP contribution in [0.2, 0.25) is 0 Å². The first-order valence-corrected chi connectivity index (χ1v) is 6.37. The predicted octanol–water partition coefficient (Wildman–Crippen LogP) is 1.18. The summed E-state index contributed by atoms with van der Waals surface area (Å²) in [5.74, 6) is 0.114. The van der Waals surface area contributed by atoms with Crippen LogP contribution in [0, 0.1) is 0 Å². The summed E-state index contributed by atoms with van der Waals surface area (Å²) >= 11 is 0. The van der Waals surface area contributed by atoms with Crippen molar-refractivity contribution in [2.75, 3.05) is 26.7 Å². The fraction of sp³-hybridized carbons (Fsp3) is 0.769. The van der Waals surface area contributed by atoms with Gasteiger partial charge in [0.25, 0.3) is 5.91 Å². The average molecular weight is 240 g/mol. The molecule has 0 radical (unpaired) electrons. The molecule has 0 saturated carbocycles. The second kappa shape index (κ2) is 7.45. The molecule has 1 heterocycles. The van der Waals surface area contributed by atoms with Gasteiger partial charge in [-0.05, 0) is 33.2 Å². The Balaban J connectivity index is 2.29. The molecule has 1 saturated heterocycles. The number of hydrogen-bond donors (Lipinski definition) is 1. The number of likely N-dealkylation sites (tertiary alicyclic amines) is 1. The van der Waals surface area contributed by atoms with E-state index in [9.17, 15) is 4.79 Å². The Morgan fingerprint density at radius 1 is 1.59 bits per heavy atom. The van der Waals surface area contributed by atoms with Crippen molar-refractivity contribution in [3.05, 3.63) is 12.7 Å². The van der Waals surface area contributed by atoms with Gasteiger partial charge in [-0.2, -0.15) is 0 Å². The monoisotopic (exact) mass is 240 g/mol. The van der Waals surface area contributed by atoms with Gasteiger partial charge in [-0.15, -0.1) is 6.58 Å². The largest absolute Gasteiger partial charge is 0.368 e. The van der Waals surface area contributed by atoms with E-state index < -0.39 is 0 Å². The molecule has 1 aliphatic heterocycles. The Morgan fingerprint density at radius 3 is 2.76 bits per heavy atom. The number of nitrogens with one attached hydrogen (secondary N) is 1. The Hall–Kier alpha value is -0.870.